The van der Waals surface area contributed by atoms with Crippen molar-refractivity contribution in [3.63, 3.8) is 0 Å². The molecule has 0 radical (unpaired) electrons. The molecule has 1 aliphatic carbocycles. The molecule has 0 aromatic carbocycles. The normalized spacial score (nSPS) is 17.1. The minimum Gasteiger partial charge on any atom is -0.369 e. The number of pyridine rings is 1. The standard InChI is InChI=1S/C12H15Cl3N2/c13-9-6-10(14)12(17-11(9)15)16-7-8-4-2-1-3-5-8/h6,8H,1-5,7H2,(H,16,17). The van der Waals surface area contributed by atoms with E-state index in [1.54, 1.807) is 6.07 Å². The molecule has 0 aliphatic heterocycles. The van der Waals surface area contributed by atoms with E-state index >= 15 is 0 Å². The second-order valence-electron chi connectivity index (χ2n) is 4.48. The van der Waals surface area contributed by atoms with Crippen molar-refractivity contribution in [3.8, 4) is 0 Å². The summed E-state index contributed by atoms with van der Waals surface area (Å²) in [6, 6.07) is 1.63. The van der Waals surface area contributed by atoms with Crippen LogP contribution >= 0.6 is 34.8 Å². The molecule has 1 heterocycles. The Morgan fingerprint density at radius 3 is 2.53 bits per heavy atom. The summed E-state index contributed by atoms with van der Waals surface area (Å²) in [6.07, 6.45) is 6.59. The highest BCUT2D eigenvalue weighted by molar-refractivity contribution is 6.42. The van der Waals surface area contributed by atoms with Crippen molar-refractivity contribution in [2.75, 3.05) is 11.9 Å². The minimum absolute atomic E-state index is 0.294. The quantitative estimate of drug-likeness (QED) is 0.790. The van der Waals surface area contributed by atoms with Gasteiger partial charge in [-0.3, -0.25) is 0 Å². The van der Waals surface area contributed by atoms with Gasteiger partial charge in [0, 0.05) is 6.54 Å². The van der Waals surface area contributed by atoms with Gasteiger partial charge in [-0.05, 0) is 24.8 Å². The molecule has 1 aliphatic rings. The van der Waals surface area contributed by atoms with Gasteiger partial charge < -0.3 is 5.32 Å². The molecule has 1 saturated carbocycles. The van der Waals surface area contributed by atoms with Crippen molar-refractivity contribution in [2.45, 2.75) is 32.1 Å². The van der Waals surface area contributed by atoms with E-state index in [0.29, 0.717) is 21.0 Å². The van der Waals surface area contributed by atoms with Gasteiger partial charge in [0.25, 0.3) is 0 Å². The zero-order valence-corrected chi connectivity index (χ0v) is 11.7. The van der Waals surface area contributed by atoms with Crippen molar-refractivity contribution in [3.05, 3.63) is 21.3 Å². The van der Waals surface area contributed by atoms with E-state index in [0.717, 1.165) is 12.5 Å². The van der Waals surface area contributed by atoms with E-state index in [9.17, 15) is 0 Å². The van der Waals surface area contributed by atoms with Crippen LogP contribution in [0, 0.1) is 5.92 Å². The Labute approximate surface area is 117 Å². The number of hydrogen-bond acceptors (Lipinski definition) is 2. The molecule has 1 aromatic rings. The number of nitrogens with zero attached hydrogens (tertiary/aromatic N) is 1. The molecule has 0 unspecified atom stereocenters. The lowest BCUT2D eigenvalue weighted by Crippen LogP contribution is -2.17. The number of anilines is 1. The predicted octanol–water partition coefficient (Wildman–Crippen LogP) is 5.03. The molecule has 1 N–H and O–H groups in total. The first-order chi connectivity index (χ1) is 8.16. The maximum atomic E-state index is 6.05. The topological polar surface area (TPSA) is 24.9 Å². The number of aromatic nitrogens is 1. The molecule has 0 atom stereocenters. The SMILES string of the molecule is Clc1cc(Cl)c(NCC2CCCCC2)nc1Cl. The smallest absolute Gasteiger partial charge is 0.150 e. The van der Waals surface area contributed by atoms with Gasteiger partial charge in [-0.1, -0.05) is 54.1 Å². The van der Waals surface area contributed by atoms with E-state index < -0.39 is 0 Å². The van der Waals surface area contributed by atoms with Crippen molar-refractivity contribution >= 4 is 40.6 Å². The molecule has 0 bridgehead atoms. The highest BCUT2D eigenvalue weighted by atomic mass is 35.5. The van der Waals surface area contributed by atoms with Gasteiger partial charge in [-0.25, -0.2) is 4.98 Å². The minimum atomic E-state index is 0.294. The molecule has 2 nitrogen and oxygen atoms in total. The number of nitrogens with one attached hydrogen (secondary N) is 1. The molecular formula is C12H15Cl3N2. The monoisotopic (exact) mass is 292 g/mol. The summed E-state index contributed by atoms with van der Waals surface area (Å²) < 4.78 is 0. The molecule has 94 valence electrons. The number of hydrogen-bond donors (Lipinski definition) is 1. The van der Waals surface area contributed by atoms with E-state index in [2.05, 4.69) is 10.3 Å². The van der Waals surface area contributed by atoms with Crippen LogP contribution in [0.4, 0.5) is 5.82 Å². The molecule has 0 spiro atoms. The van der Waals surface area contributed by atoms with Crippen molar-refractivity contribution in [1.82, 2.24) is 4.98 Å². The summed E-state index contributed by atoms with van der Waals surface area (Å²) in [5.74, 6) is 1.35. The van der Waals surface area contributed by atoms with E-state index in [-0.39, 0.29) is 0 Å². The second-order valence-corrected chi connectivity index (χ2v) is 5.65. The van der Waals surface area contributed by atoms with E-state index in [1.165, 1.54) is 32.1 Å². The van der Waals surface area contributed by atoms with E-state index in [1.807, 2.05) is 0 Å². The zero-order valence-electron chi connectivity index (χ0n) is 9.48. The molecular weight excluding hydrogens is 279 g/mol. The van der Waals surface area contributed by atoms with Gasteiger partial charge in [0.1, 0.15) is 11.0 Å². The lowest BCUT2D eigenvalue weighted by molar-refractivity contribution is 0.373. The summed E-state index contributed by atoms with van der Waals surface area (Å²) in [7, 11) is 0. The fraction of sp³-hybridized carbons (Fsp3) is 0.583. The molecule has 1 fully saturated rings. The van der Waals surface area contributed by atoms with Crippen LogP contribution in [0.15, 0.2) is 6.07 Å². The Bertz CT molecular complexity index is 390. The van der Waals surface area contributed by atoms with Gasteiger partial charge in [0.15, 0.2) is 0 Å². The van der Waals surface area contributed by atoms with Gasteiger partial charge in [-0.2, -0.15) is 0 Å². The Morgan fingerprint density at radius 1 is 1.12 bits per heavy atom. The second kappa shape index (κ2) is 6.12. The fourth-order valence-corrected chi connectivity index (χ4v) is 2.76. The molecule has 0 amide bonds. The van der Waals surface area contributed by atoms with Crippen LogP contribution in [0.3, 0.4) is 0 Å². The van der Waals surface area contributed by atoms with Crippen LogP contribution in [-0.4, -0.2) is 11.5 Å². The van der Waals surface area contributed by atoms with Gasteiger partial charge >= 0.3 is 0 Å². The largest absolute Gasteiger partial charge is 0.369 e. The third kappa shape index (κ3) is 3.64. The first-order valence-corrected chi connectivity index (χ1v) is 7.05. The summed E-state index contributed by atoms with van der Waals surface area (Å²) >= 11 is 17.7. The van der Waals surface area contributed by atoms with Crippen LogP contribution in [0.2, 0.25) is 15.2 Å². The average Bonchev–Trinajstić information content (AvgIpc) is 2.33. The summed E-state index contributed by atoms with van der Waals surface area (Å²) in [5, 5.41) is 4.47. The lowest BCUT2D eigenvalue weighted by Gasteiger charge is -2.22. The summed E-state index contributed by atoms with van der Waals surface area (Å²) in [6.45, 7) is 0.907. The van der Waals surface area contributed by atoms with Crippen LogP contribution in [0.25, 0.3) is 0 Å². The maximum absolute atomic E-state index is 6.05. The first-order valence-electron chi connectivity index (χ1n) is 5.92. The third-order valence-corrected chi connectivity index (χ3v) is 4.13. The Hall–Kier alpha value is -0.180. The Balaban J connectivity index is 1.96. The van der Waals surface area contributed by atoms with Crippen LogP contribution in [0.5, 0.6) is 0 Å². The summed E-state index contributed by atoms with van der Waals surface area (Å²) in [5.41, 5.74) is 0. The molecule has 0 saturated heterocycles. The molecule has 5 heteroatoms. The van der Waals surface area contributed by atoms with Crippen molar-refractivity contribution in [1.29, 1.82) is 0 Å². The van der Waals surface area contributed by atoms with Gasteiger partial charge in [-0.15, -0.1) is 0 Å². The summed E-state index contributed by atoms with van der Waals surface area (Å²) in [4.78, 5) is 4.15. The van der Waals surface area contributed by atoms with Gasteiger partial charge in [0.05, 0.1) is 10.0 Å². The number of rotatable bonds is 3. The van der Waals surface area contributed by atoms with Crippen LogP contribution in [-0.2, 0) is 0 Å². The average molecular weight is 294 g/mol. The first kappa shape index (κ1) is 13.3. The van der Waals surface area contributed by atoms with Crippen molar-refractivity contribution in [2.24, 2.45) is 5.92 Å². The Kier molecular flexibility index (Phi) is 4.78. The molecule has 1 aromatic heterocycles. The highest BCUT2D eigenvalue weighted by Gasteiger charge is 2.14. The molecule has 17 heavy (non-hydrogen) atoms. The van der Waals surface area contributed by atoms with Crippen LogP contribution < -0.4 is 5.32 Å². The maximum Gasteiger partial charge on any atom is 0.150 e. The predicted molar refractivity (Wildman–Crippen MR) is 74.3 cm³/mol. The third-order valence-electron chi connectivity index (χ3n) is 3.17. The van der Waals surface area contributed by atoms with Crippen LogP contribution in [0.1, 0.15) is 32.1 Å². The number of halogens is 3. The molecule has 2 rings (SSSR count). The zero-order chi connectivity index (χ0) is 12.3. The fourth-order valence-electron chi connectivity index (χ4n) is 2.20. The van der Waals surface area contributed by atoms with Gasteiger partial charge in [0.2, 0.25) is 0 Å². The van der Waals surface area contributed by atoms with E-state index in [4.69, 9.17) is 34.8 Å². The lowest BCUT2D eigenvalue weighted by atomic mass is 9.89. The van der Waals surface area contributed by atoms with Crippen molar-refractivity contribution < 1.29 is 0 Å². The highest BCUT2D eigenvalue weighted by Crippen LogP contribution is 2.30. The Morgan fingerprint density at radius 2 is 1.82 bits per heavy atom.